The third-order valence-corrected chi connectivity index (χ3v) is 5.06. The van der Waals surface area contributed by atoms with Crippen LogP contribution in [0.2, 0.25) is 0 Å². The molecule has 3 amide bonds. The molecule has 1 saturated carbocycles. The van der Waals surface area contributed by atoms with Gasteiger partial charge in [0.2, 0.25) is 11.8 Å². The Kier molecular flexibility index (Phi) is 5.54. The number of nitrogens with one attached hydrogen (secondary N) is 2. The normalized spacial score (nSPS) is 18.9. The minimum Gasteiger partial charge on any atom is -0.352 e. The topological polar surface area (TPSA) is 78.5 Å². The van der Waals surface area contributed by atoms with Crippen molar-refractivity contribution in [1.29, 1.82) is 0 Å². The minimum absolute atomic E-state index is 0.0257. The summed E-state index contributed by atoms with van der Waals surface area (Å²) in [7, 11) is 0. The van der Waals surface area contributed by atoms with E-state index in [4.69, 9.17) is 0 Å². The van der Waals surface area contributed by atoms with E-state index in [1.807, 2.05) is 0 Å². The molecular formula is C19H24FN3O3. The average molecular weight is 361 g/mol. The molecule has 0 radical (unpaired) electrons. The van der Waals surface area contributed by atoms with Crippen LogP contribution in [-0.4, -0.2) is 47.8 Å². The molecule has 1 aliphatic carbocycles. The first-order valence-electron chi connectivity index (χ1n) is 9.06. The molecule has 3 rings (SSSR count). The fourth-order valence-electron chi connectivity index (χ4n) is 3.29. The number of hydrogen-bond acceptors (Lipinski definition) is 3. The summed E-state index contributed by atoms with van der Waals surface area (Å²) in [6.45, 7) is 2.70. The highest BCUT2D eigenvalue weighted by Crippen LogP contribution is 2.24. The first-order valence-corrected chi connectivity index (χ1v) is 9.06. The molecule has 0 bridgehead atoms. The highest BCUT2D eigenvalue weighted by molar-refractivity contribution is 5.97. The Labute approximate surface area is 152 Å². The molecule has 1 aromatic rings. The van der Waals surface area contributed by atoms with Crippen molar-refractivity contribution in [1.82, 2.24) is 15.5 Å². The fraction of sp³-hybridized carbons (Fsp3) is 0.526. The van der Waals surface area contributed by atoms with Gasteiger partial charge in [-0.2, -0.15) is 0 Å². The van der Waals surface area contributed by atoms with E-state index in [2.05, 4.69) is 10.6 Å². The monoisotopic (exact) mass is 361 g/mol. The van der Waals surface area contributed by atoms with Crippen LogP contribution in [0.1, 0.15) is 43.0 Å². The molecule has 26 heavy (non-hydrogen) atoms. The lowest BCUT2D eigenvalue weighted by Crippen LogP contribution is -2.54. The van der Waals surface area contributed by atoms with Crippen molar-refractivity contribution in [3.05, 3.63) is 35.6 Å². The standard InChI is InChI=1S/C19H24FN3O3/c1-12(24)23-10-8-13(9-11-23)17(19(26)21-16-6-7-16)22-18(25)14-2-4-15(20)5-3-14/h2-5,13,16-17H,6-11H2,1H3,(H,21,26)(H,22,25)/t17-/m0/s1. The molecular weight excluding hydrogens is 337 g/mol. The van der Waals surface area contributed by atoms with Gasteiger partial charge in [0.05, 0.1) is 0 Å². The Morgan fingerprint density at radius 1 is 1.08 bits per heavy atom. The summed E-state index contributed by atoms with van der Waals surface area (Å²) < 4.78 is 13.1. The Hall–Kier alpha value is -2.44. The summed E-state index contributed by atoms with van der Waals surface area (Å²) in [6.07, 6.45) is 3.25. The van der Waals surface area contributed by atoms with E-state index >= 15 is 0 Å². The molecule has 1 aromatic carbocycles. The van der Waals surface area contributed by atoms with E-state index in [1.165, 1.54) is 31.2 Å². The van der Waals surface area contributed by atoms with Crippen LogP contribution < -0.4 is 10.6 Å². The molecule has 2 aliphatic rings. The molecule has 2 N–H and O–H groups in total. The Balaban J connectivity index is 1.68. The number of nitrogens with zero attached hydrogens (tertiary/aromatic N) is 1. The van der Waals surface area contributed by atoms with Crippen LogP contribution in [0.4, 0.5) is 4.39 Å². The molecule has 1 saturated heterocycles. The van der Waals surface area contributed by atoms with Gasteiger partial charge in [0.25, 0.3) is 5.91 Å². The molecule has 6 nitrogen and oxygen atoms in total. The number of hydrogen-bond donors (Lipinski definition) is 2. The predicted molar refractivity (Wildman–Crippen MR) is 93.8 cm³/mol. The second kappa shape index (κ2) is 7.85. The average Bonchev–Trinajstić information content (AvgIpc) is 3.44. The van der Waals surface area contributed by atoms with Gasteiger partial charge in [0.1, 0.15) is 11.9 Å². The second-order valence-corrected chi connectivity index (χ2v) is 7.08. The summed E-state index contributed by atoms with van der Waals surface area (Å²) >= 11 is 0. The number of likely N-dealkylation sites (tertiary alicyclic amines) is 1. The van der Waals surface area contributed by atoms with E-state index in [9.17, 15) is 18.8 Å². The summed E-state index contributed by atoms with van der Waals surface area (Å²) in [6, 6.07) is 4.80. The molecule has 1 aliphatic heterocycles. The summed E-state index contributed by atoms with van der Waals surface area (Å²) in [5, 5.41) is 5.78. The van der Waals surface area contributed by atoms with E-state index in [0.29, 0.717) is 31.5 Å². The van der Waals surface area contributed by atoms with Gasteiger partial charge in [0, 0.05) is 31.6 Å². The van der Waals surface area contributed by atoms with Crippen molar-refractivity contribution in [3.8, 4) is 0 Å². The van der Waals surface area contributed by atoms with Gasteiger partial charge >= 0.3 is 0 Å². The maximum Gasteiger partial charge on any atom is 0.251 e. The zero-order valence-corrected chi connectivity index (χ0v) is 14.8. The zero-order valence-electron chi connectivity index (χ0n) is 14.8. The number of carbonyl (C=O) groups excluding carboxylic acids is 3. The molecule has 1 atom stereocenters. The van der Waals surface area contributed by atoms with Crippen molar-refractivity contribution in [2.45, 2.75) is 44.7 Å². The van der Waals surface area contributed by atoms with Crippen molar-refractivity contribution in [3.63, 3.8) is 0 Å². The van der Waals surface area contributed by atoms with E-state index in [-0.39, 0.29) is 23.8 Å². The number of rotatable bonds is 5. The molecule has 0 aromatic heterocycles. The van der Waals surface area contributed by atoms with Crippen LogP contribution in [0.5, 0.6) is 0 Å². The molecule has 7 heteroatoms. The Bertz CT molecular complexity index is 680. The third-order valence-electron chi connectivity index (χ3n) is 5.06. The van der Waals surface area contributed by atoms with Crippen LogP contribution in [0.3, 0.4) is 0 Å². The van der Waals surface area contributed by atoms with Crippen LogP contribution in [0.25, 0.3) is 0 Å². The molecule has 0 unspecified atom stereocenters. The number of benzene rings is 1. The minimum atomic E-state index is -0.651. The number of piperidine rings is 1. The summed E-state index contributed by atoms with van der Waals surface area (Å²) in [5.41, 5.74) is 0.316. The van der Waals surface area contributed by atoms with Crippen molar-refractivity contribution in [2.24, 2.45) is 5.92 Å². The van der Waals surface area contributed by atoms with Crippen LogP contribution in [0.15, 0.2) is 24.3 Å². The first kappa shape index (κ1) is 18.4. The molecule has 140 valence electrons. The lowest BCUT2D eigenvalue weighted by atomic mass is 9.88. The summed E-state index contributed by atoms with van der Waals surface area (Å²) in [4.78, 5) is 38.4. The lowest BCUT2D eigenvalue weighted by molar-refractivity contribution is -0.130. The predicted octanol–water partition coefficient (Wildman–Crippen LogP) is 1.46. The van der Waals surface area contributed by atoms with Crippen LogP contribution in [-0.2, 0) is 9.59 Å². The fourth-order valence-corrected chi connectivity index (χ4v) is 3.29. The highest BCUT2D eigenvalue weighted by Gasteiger charge is 2.35. The maximum atomic E-state index is 13.1. The lowest BCUT2D eigenvalue weighted by Gasteiger charge is -2.35. The second-order valence-electron chi connectivity index (χ2n) is 7.08. The van der Waals surface area contributed by atoms with Gasteiger partial charge in [-0.3, -0.25) is 14.4 Å². The van der Waals surface area contributed by atoms with Crippen molar-refractivity contribution >= 4 is 17.7 Å². The van der Waals surface area contributed by atoms with Crippen molar-refractivity contribution in [2.75, 3.05) is 13.1 Å². The number of amides is 3. The van der Waals surface area contributed by atoms with Crippen molar-refractivity contribution < 1.29 is 18.8 Å². The zero-order chi connectivity index (χ0) is 18.7. The smallest absolute Gasteiger partial charge is 0.251 e. The molecule has 2 fully saturated rings. The van der Waals surface area contributed by atoms with Gasteiger partial charge < -0.3 is 15.5 Å². The SMILES string of the molecule is CC(=O)N1CCC([C@H](NC(=O)c2ccc(F)cc2)C(=O)NC2CC2)CC1. The molecule has 1 heterocycles. The maximum absolute atomic E-state index is 13.1. The number of carbonyl (C=O) groups is 3. The van der Waals surface area contributed by atoms with E-state index in [1.54, 1.807) is 4.90 Å². The van der Waals surface area contributed by atoms with E-state index < -0.39 is 17.8 Å². The number of halogens is 1. The largest absolute Gasteiger partial charge is 0.352 e. The first-order chi connectivity index (χ1) is 12.4. The van der Waals surface area contributed by atoms with Crippen LogP contribution >= 0.6 is 0 Å². The Morgan fingerprint density at radius 2 is 1.69 bits per heavy atom. The third kappa shape index (κ3) is 4.59. The Morgan fingerprint density at radius 3 is 2.23 bits per heavy atom. The van der Waals surface area contributed by atoms with Gasteiger partial charge in [-0.25, -0.2) is 4.39 Å². The van der Waals surface area contributed by atoms with Gasteiger partial charge in [0.15, 0.2) is 0 Å². The van der Waals surface area contributed by atoms with Gasteiger partial charge in [-0.05, 0) is 55.9 Å². The molecule has 0 spiro atoms. The summed E-state index contributed by atoms with van der Waals surface area (Å²) in [5.74, 6) is -0.994. The van der Waals surface area contributed by atoms with E-state index in [0.717, 1.165) is 12.8 Å². The van der Waals surface area contributed by atoms with Gasteiger partial charge in [-0.1, -0.05) is 0 Å². The quantitative estimate of drug-likeness (QED) is 0.833. The van der Waals surface area contributed by atoms with Gasteiger partial charge in [-0.15, -0.1) is 0 Å². The highest BCUT2D eigenvalue weighted by atomic mass is 19.1. The van der Waals surface area contributed by atoms with Crippen LogP contribution in [0, 0.1) is 11.7 Å².